The third-order valence-electron chi connectivity index (χ3n) is 8.80. The molecule has 11 heteroatoms. The molecule has 9 nitrogen and oxygen atoms in total. The highest BCUT2D eigenvalue weighted by Gasteiger charge is 2.43. The number of hydrogen-bond acceptors (Lipinski definition) is 7. The average molecular weight is 709 g/mol. The van der Waals surface area contributed by atoms with E-state index in [4.69, 9.17) is 18.9 Å². The third-order valence-corrected chi connectivity index (χ3v) is 9.45. The molecule has 1 saturated carbocycles. The number of carbonyl (C=O) groups excluding carboxylic acids is 2. The van der Waals surface area contributed by atoms with E-state index in [2.05, 4.69) is 21.2 Å². The lowest BCUT2D eigenvalue weighted by Crippen LogP contribution is -2.61. The van der Waals surface area contributed by atoms with Gasteiger partial charge in [0.25, 0.3) is 5.91 Å². The van der Waals surface area contributed by atoms with Crippen molar-refractivity contribution in [2.24, 2.45) is 0 Å². The zero-order valence-electron chi connectivity index (χ0n) is 26.8. The lowest BCUT2D eigenvalue weighted by Gasteiger charge is -2.44. The molecule has 1 N–H and O–H groups in total. The van der Waals surface area contributed by atoms with Crippen molar-refractivity contribution in [2.45, 2.75) is 50.9 Å². The van der Waals surface area contributed by atoms with Gasteiger partial charge in [-0.05, 0) is 88.3 Å². The van der Waals surface area contributed by atoms with Crippen LogP contribution in [0.4, 0.5) is 4.39 Å². The van der Waals surface area contributed by atoms with Crippen LogP contribution in [-0.4, -0.2) is 80.3 Å². The maximum absolute atomic E-state index is 14.7. The van der Waals surface area contributed by atoms with Gasteiger partial charge in [0, 0.05) is 56.3 Å². The number of benzene rings is 3. The van der Waals surface area contributed by atoms with Gasteiger partial charge in [-0.25, -0.2) is 4.39 Å². The highest BCUT2D eigenvalue weighted by atomic mass is 79.9. The molecule has 0 aromatic heterocycles. The number of halogens is 2. The second kappa shape index (κ2) is 14.4. The van der Waals surface area contributed by atoms with Crippen LogP contribution in [0.15, 0.2) is 70.7 Å². The Morgan fingerprint density at radius 3 is 2.30 bits per heavy atom. The molecule has 2 heterocycles. The molecule has 0 spiro atoms. The monoisotopic (exact) mass is 707 g/mol. The Morgan fingerprint density at radius 1 is 0.936 bits per heavy atom. The fourth-order valence-corrected chi connectivity index (χ4v) is 6.70. The Bertz CT molecular complexity index is 1640. The van der Waals surface area contributed by atoms with Crippen molar-refractivity contribution in [1.29, 1.82) is 0 Å². The van der Waals surface area contributed by atoms with Crippen LogP contribution >= 0.6 is 15.9 Å². The predicted molar refractivity (Wildman–Crippen MR) is 179 cm³/mol. The molecule has 3 aliphatic rings. The first kappa shape index (κ1) is 32.8. The number of amides is 2. The van der Waals surface area contributed by atoms with E-state index in [9.17, 15) is 14.0 Å². The summed E-state index contributed by atoms with van der Waals surface area (Å²) in [4.78, 5) is 30.9. The zero-order chi connectivity index (χ0) is 33.1. The van der Waals surface area contributed by atoms with Crippen LogP contribution in [0.3, 0.4) is 0 Å². The summed E-state index contributed by atoms with van der Waals surface area (Å²) in [6.45, 7) is 3.54. The van der Waals surface area contributed by atoms with Crippen LogP contribution in [0.2, 0.25) is 0 Å². The second-order valence-corrected chi connectivity index (χ2v) is 13.0. The molecular formula is C36H39BrFN3O6. The maximum atomic E-state index is 14.7. The minimum Gasteiger partial charge on any atom is -0.497 e. The van der Waals surface area contributed by atoms with Gasteiger partial charge in [0.1, 0.15) is 42.0 Å². The normalized spacial score (nSPS) is 18.9. The molecule has 0 radical (unpaired) electrons. The molecule has 2 atom stereocenters. The van der Waals surface area contributed by atoms with Crippen molar-refractivity contribution in [1.82, 2.24) is 15.1 Å². The van der Waals surface area contributed by atoms with Crippen molar-refractivity contribution in [3.8, 4) is 23.0 Å². The smallest absolute Gasteiger partial charge is 0.252 e. The molecule has 1 saturated heterocycles. The largest absolute Gasteiger partial charge is 0.497 e. The van der Waals surface area contributed by atoms with E-state index < -0.39 is 0 Å². The SMILES string of the molecule is COc1cc(CN(C(=O)C2=C(c3ccc(OCCOc4cc(F)ccc4Br)cc3)CC3CN(C(C)=O)C[C@H]2N3)C2CC2)cc(OC)c1. The van der Waals surface area contributed by atoms with Crippen molar-refractivity contribution in [3.05, 3.63) is 87.7 Å². The zero-order valence-corrected chi connectivity index (χ0v) is 28.3. The molecule has 3 aromatic rings. The molecule has 2 aliphatic heterocycles. The first-order valence-corrected chi connectivity index (χ1v) is 16.6. The molecule has 2 bridgehead atoms. The number of methoxy groups -OCH3 is 2. The fraction of sp³-hybridized carbons (Fsp3) is 0.389. The molecule has 47 heavy (non-hydrogen) atoms. The molecule has 3 aromatic carbocycles. The summed E-state index contributed by atoms with van der Waals surface area (Å²) in [7, 11) is 3.23. The van der Waals surface area contributed by atoms with Gasteiger partial charge in [-0.3, -0.25) is 9.59 Å². The van der Waals surface area contributed by atoms with Crippen molar-refractivity contribution < 1.29 is 32.9 Å². The number of ether oxygens (including phenoxy) is 4. The highest BCUT2D eigenvalue weighted by Crippen LogP contribution is 2.38. The highest BCUT2D eigenvalue weighted by molar-refractivity contribution is 9.10. The van der Waals surface area contributed by atoms with Crippen LogP contribution in [0.25, 0.3) is 5.57 Å². The van der Waals surface area contributed by atoms with Crippen LogP contribution < -0.4 is 24.3 Å². The van der Waals surface area contributed by atoms with Gasteiger partial charge in [0.15, 0.2) is 0 Å². The van der Waals surface area contributed by atoms with Crippen LogP contribution in [0, 0.1) is 5.82 Å². The minimum atomic E-state index is -0.372. The molecule has 6 rings (SSSR count). The number of piperazine rings is 1. The number of nitrogens with zero attached hydrogens (tertiary/aromatic N) is 2. The van der Waals surface area contributed by atoms with Crippen molar-refractivity contribution in [3.63, 3.8) is 0 Å². The van der Waals surface area contributed by atoms with E-state index >= 15 is 0 Å². The number of hydrogen-bond donors (Lipinski definition) is 1. The van der Waals surface area contributed by atoms with E-state index in [1.165, 1.54) is 12.1 Å². The van der Waals surface area contributed by atoms with E-state index in [1.54, 1.807) is 27.2 Å². The Hall–Kier alpha value is -4.09. The average Bonchev–Trinajstić information content (AvgIpc) is 3.92. The summed E-state index contributed by atoms with van der Waals surface area (Å²) in [5.74, 6) is 2.03. The minimum absolute atomic E-state index is 0.00881. The number of nitrogens with one attached hydrogen (secondary N) is 1. The second-order valence-electron chi connectivity index (χ2n) is 12.1. The molecule has 1 aliphatic carbocycles. The van der Waals surface area contributed by atoms with E-state index in [0.717, 1.165) is 29.5 Å². The Morgan fingerprint density at radius 2 is 1.64 bits per heavy atom. The van der Waals surface area contributed by atoms with Gasteiger partial charge >= 0.3 is 0 Å². The summed E-state index contributed by atoms with van der Waals surface area (Å²) in [5, 5.41) is 3.64. The van der Waals surface area contributed by atoms with Crippen LogP contribution in [-0.2, 0) is 16.1 Å². The number of rotatable bonds is 12. The van der Waals surface area contributed by atoms with E-state index in [0.29, 0.717) is 59.1 Å². The molecule has 2 fully saturated rings. The quantitative estimate of drug-likeness (QED) is 0.245. The summed E-state index contributed by atoms with van der Waals surface area (Å²) >= 11 is 3.37. The lowest BCUT2D eigenvalue weighted by atomic mass is 9.82. The van der Waals surface area contributed by atoms with Gasteiger partial charge in [-0.2, -0.15) is 0 Å². The van der Waals surface area contributed by atoms with Gasteiger partial charge in [-0.1, -0.05) is 12.1 Å². The molecule has 1 unspecified atom stereocenters. The number of fused-ring (bicyclic) bond motifs is 2. The van der Waals surface area contributed by atoms with Gasteiger partial charge < -0.3 is 34.1 Å². The van der Waals surface area contributed by atoms with Crippen molar-refractivity contribution in [2.75, 3.05) is 40.5 Å². The molecule has 2 amide bonds. The van der Waals surface area contributed by atoms with E-state index in [-0.39, 0.29) is 49.0 Å². The summed E-state index contributed by atoms with van der Waals surface area (Å²) in [6.07, 6.45) is 2.51. The molecular weight excluding hydrogens is 669 g/mol. The third kappa shape index (κ3) is 7.73. The summed E-state index contributed by atoms with van der Waals surface area (Å²) < 4.78 is 36.8. The fourth-order valence-electron chi connectivity index (χ4n) is 6.34. The standard InChI is InChI=1S/C36H39BrFN3O6/c1-22(42)40-20-26-17-31(24-4-9-28(10-5-24)46-12-13-47-34-16-25(38)6-11-32(34)37)35(33(21-40)39-26)36(43)41(27-7-8-27)19-23-14-29(44-2)18-30(15-23)45-3/h4-6,9-11,14-16,18,26-27,33,39H,7-8,12-13,17,19-21H2,1-3H3/t26?,33-/m1/s1. The van der Waals surface area contributed by atoms with Gasteiger partial charge in [-0.15, -0.1) is 0 Å². The van der Waals surface area contributed by atoms with Crippen molar-refractivity contribution >= 4 is 33.3 Å². The van der Waals surface area contributed by atoms with Gasteiger partial charge in [0.2, 0.25) is 5.91 Å². The van der Waals surface area contributed by atoms with Crippen LogP contribution in [0.5, 0.6) is 23.0 Å². The van der Waals surface area contributed by atoms with Crippen LogP contribution in [0.1, 0.15) is 37.3 Å². The lowest BCUT2D eigenvalue weighted by molar-refractivity contribution is -0.132. The topological polar surface area (TPSA) is 89.6 Å². The predicted octanol–water partition coefficient (Wildman–Crippen LogP) is 5.60. The first-order valence-electron chi connectivity index (χ1n) is 15.8. The Labute approximate surface area is 282 Å². The van der Waals surface area contributed by atoms with E-state index in [1.807, 2.05) is 52.3 Å². The molecule has 248 valence electrons. The number of carbonyl (C=O) groups is 2. The Balaban J connectivity index is 1.24. The summed E-state index contributed by atoms with van der Waals surface area (Å²) in [6, 6.07) is 17.6. The maximum Gasteiger partial charge on any atom is 0.252 e. The van der Waals surface area contributed by atoms with Gasteiger partial charge in [0.05, 0.1) is 24.7 Å². The Kier molecular flexibility index (Phi) is 10.0. The first-order chi connectivity index (χ1) is 22.7. The summed E-state index contributed by atoms with van der Waals surface area (Å²) in [5.41, 5.74) is 3.57.